The molecule has 0 radical (unpaired) electrons. The summed E-state index contributed by atoms with van der Waals surface area (Å²) in [6.07, 6.45) is -1.45. The zero-order valence-corrected chi connectivity index (χ0v) is 13.2. The van der Waals surface area contributed by atoms with Gasteiger partial charge in [0.25, 0.3) is 5.91 Å². The summed E-state index contributed by atoms with van der Waals surface area (Å²) in [6, 6.07) is 7.75. The van der Waals surface area contributed by atoms with E-state index in [1.807, 2.05) is 0 Å². The molecule has 3 nitrogen and oxygen atoms in total. The predicted octanol–water partition coefficient (Wildman–Crippen LogP) is 3.47. The molecule has 7 heteroatoms. The summed E-state index contributed by atoms with van der Waals surface area (Å²) in [6.45, 7) is 0. The molecule has 24 heavy (non-hydrogen) atoms. The fourth-order valence-electron chi connectivity index (χ4n) is 3.07. The van der Waals surface area contributed by atoms with Crippen LogP contribution in [0.5, 0.6) is 0 Å². The second kappa shape index (κ2) is 5.34. The van der Waals surface area contributed by atoms with Crippen molar-refractivity contribution in [3.63, 3.8) is 0 Å². The molecule has 1 aliphatic heterocycles. The molecule has 0 unspecified atom stereocenters. The molecule has 1 spiro atoms. The third-order valence-electron chi connectivity index (χ3n) is 4.15. The molecule has 3 rings (SSSR count). The van der Waals surface area contributed by atoms with E-state index in [2.05, 4.69) is 0 Å². The van der Waals surface area contributed by atoms with Crippen molar-refractivity contribution in [3.8, 4) is 0 Å². The molecular formula is C17H11ClF3NO2. The zero-order chi connectivity index (χ0) is 17.7. The molecule has 0 N–H and O–H groups in total. The summed E-state index contributed by atoms with van der Waals surface area (Å²) >= 11 is 6.19. The van der Waals surface area contributed by atoms with Crippen LogP contribution >= 0.6 is 11.6 Å². The molecule has 1 amide bonds. The molecule has 0 bridgehead atoms. The summed E-state index contributed by atoms with van der Waals surface area (Å²) in [5, 5.41) is -0.149. The van der Waals surface area contributed by atoms with E-state index in [1.54, 1.807) is 18.2 Å². The molecule has 0 fully saturated rings. The quantitative estimate of drug-likeness (QED) is 0.775. The molecular weight excluding hydrogens is 343 g/mol. The number of alkyl halides is 3. The molecule has 0 saturated heterocycles. The van der Waals surface area contributed by atoms with E-state index in [-0.39, 0.29) is 16.2 Å². The average Bonchev–Trinajstić information content (AvgIpc) is 2.74. The van der Waals surface area contributed by atoms with Gasteiger partial charge in [0.1, 0.15) is 11.1 Å². The number of likely N-dealkylation sites (N-methyl/N-ethyl adjacent to an activating group) is 1. The second-order valence-corrected chi connectivity index (χ2v) is 5.88. The van der Waals surface area contributed by atoms with Gasteiger partial charge in [-0.2, -0.15) is 13.2 Å². The van der Waals surface area contributed by atoms with Gasteiger partial charge in [0.05, 0.1) is 5.03 Å². The van der Waals surface area contributed by atoms with E-state index in [9.17, 15) is 22.8 Å². The zero-order valence-electron chi connectivity index (χ0n) is 12.4. The second-order valence-electron chi connectivity index (χ2n) is 5.47. The highest BCUT2D eigenvalue weighted by atomic mass is 35.5. The SMILES string of the molecule is CN1C(=O)C(C(F)(F)F)=C(c2ccccc2)[C@@]12C=CC(=O)C=C2Cl. The van der Waals surface area contributed by atoms with E-state index in [0.29, 0.717) is 0 Å². The van der Waals surface area contributed by atoms with Gasteiger partial charge in [0.2, 0.25) is 0 Å². The van der Waals surface area contributed by atoms with Crippen molar-refractivity contribution in [2.45, 2.75) is 11.7 Å². The van der Waals surface area contributed by atoms with Crippen LogP contribution in [0.25, 0.3) is 5.57 Å². The van der Waals surface area contributed by atoms with Gasteiger partial charge in [-0.1, -0.05) is 41.9 Å². The molecule has 1 heterocycles. The van der Waals surface area contributed by atoms with E-state index in [4.69, 9.17) is 11.6 Å². The van der Waals surface area contributed by atoms with Crippen molar-refractivity contribution in [1.82, 2.24) is 4.90 Å². The molecule has 0 saturated carbocycles. The molecule has 1 atom stereocenters. The summed E-state index contributed by atoms with van der Waals surface area (Å²) in [5.41, 5.74) is -2.97. The van der Waals surface area contributed by atoms with Crippen LogP contribution in [0.4, 0.5) is 13.2 Å². The van der Waals surface area contributed by atoms with Crippen LogP contribution in [0.15, 0.2) is 59.2 Å². The third-order valence-corrected chi connectivity index (χ3v) is 4.54. The van der Waals surface area contributed by atoms with Crippen molar-refractivity contribution in [2.75, 3.05) is 7.05 Å². The molecule has 2 aliphatic rings. The highest BCUT2D eigenvalue weighted by Crippen LogP contribution is 2.52. The Hall–Kier alpha value is -2.34. The third kappa shape index (κ3) is 2.21. The first-order valence-electron chi connectivity index (χ1n) is 6.96. The maximum absolute atomic E-state index is 13.6. The van der Waals surface area contributed by atoms with Gasteiger partial charge < -0.3 is 4.90 Å². The number of nitrogens with zero attached hydrogens (tertiary/aromatic N) is 1. The van der Waals surface area contributed by atoms with E-state index in [1.165, 1.54) is 25.3 Å². The highest BCUT2D eigenvalue weighted by Gasteiger charge is 2.58. The maximum atomic E-state index is 13.6. The number of hydrogen-bond donors (Lipinski definition) is 0. The molecule has 0 aromatic heterocycles. The Labute approximate surface area is 140 Å². The van der Waals surface area contributed by atoms with Crippen LogP contribution in [0.3, 0.4) is 0 Å². The Morgan fingerprint density at radius 2 is 1.75 bits per heavy atom. The number of halogens is 4. The van der Waals surface area contributed by atoms with Gasteiger partial charge in [-0.05, 0) is 17.7 Å². The van der Waals surface area contributed by atoms with E-state index in [0.717, 1.165) is 17.1 Å². The van der Waals surface area contributed by atoms with Crippen LogP contribution in [0.1, 0.15) is 5.56 Å². The van der Waals surface area contributed by atoms with Crippen LogP contribution in [-0.4, -0.2) is 35.4 Å². The average molecular weight is 354 g/mol. The standard InChI is InChI=1S/C17H11ClF3NO2/c1-22-15(24)14(17(19,20)21)13(10-5-3-2-4-6-10)16(22)8-7-11(23)9-12(16)18/h2-9H,1H3/t16-/m0/s1. The first-order valence-corrected chi connectivity index (χ1v) is 7.34. The number of carbonyl (C=O) groups is 2. The Morgan fingerprint density at radius 1 is 1.12 bits per heavy atom. The van der Waals surface area contributed by atoms with Crippen molar-refractivity contribution >= 4 is 28.9 Å². The van der Waals surface area contributed by atoms with Gasteiger partial charge in [0.15, 0.2) is 5.78 Å². The molecule has 124 valence electrons. The number of benzene rings is 1. The van der Waals surface area contributed by atoms with Crippen LogP contribution < -0.4 is 0 Å². The van der Waals surface area contributed by atoms with Gasteiger partial charge in [-0.25, -0.2) is 0 Å². The largest absolute Gasteiger partial charge is 0.422 e. The first kappa shape index (κ1) is 16.5. The van der Waals surface area contributed by atoms with Crippen molar-refractivity contribution in [3.05, 3.63) is 64.7 Å². The van der Waals surface area contributed by atoms with Crippen molar-refractivity contribution in [2.24, 2.45) is 0 Å². The lowest BCUT2D eigenvalue weighted by molar-refractivity contribution is -0.137. The number of rotatable bonds is 1. The topological polar surface area (TPSA) is 37.4 Å². The smallest absolute Gasteiger partial charge is 0.323 e. The Bertz CT molecular complexity index is 824. The molecule has 1 aliphatic carbocycles. The van der Waals surface area contributed by atoms with Crippen LogP contribution in [-0.2, 0) is 9.59 Å². The highest BCUT2D eigenvalue weighted by molar-refractivity contribution is 6.36. The Kier molecular flexibility index (Phi) is 3.68. The Morgan fingerprint density at radius 3 is 2.29 bits per heavy atom. The number of ketones is 1. The number of amides is 1. The summed E-state index contributed by atoms with van der Waals surface area (Å²) in [4.78, 5) is 24.8. The molecule has 1 aromatic carbocycles. The monoisotopic (exact) mass is 353 g/mol. The van der Waals surface area contributed by atoms with Crippen molar-refractivity contribution < 1.29 is 22.8 Å². The summed E-state index contributed by atoms with van der Waals surface area (Å²) in [5.74, 6) is -1.63. The van der Waals surface area contributed by atoms with Gasteiger partial charge in [0, 0.05) is 18.7 Å². The number of allylic oxidation sites excluding steroid dienone is 2. The number of hydrogen-bond acceptors (Lipinski definition) is 2. The normalized spacial score (nSPS) is 24.2. The van der Waals surface area contributed by atoms with Crippen LogP contribution in [0, 0.1) is 0 Å². The lowest BCUT2D eigenvalue weighted by atomic mass is 9.81. The first-order chi connectivity index (χ1) is 11.2. The van der Waals surface area contributed by atoms with E-state index < -0.39 is 29.0 Å². The van der Waals surface area contributed by atoms with Gasteiger partial charge in [-0.3, -0.25) is 9.59 Å². The fourth-order valence-corrected chi connectivity index (χ4v) is 3.46. The predicted molar refractivity (Wildman–Crippen MR) is 83.0 cm³/mol. The number of carbonyl (C=O) groups excluding carboxylic acids is 2. The summed E-state index contributed by atoms with van der Waals surface area (Å²) < 4.78 is 40.8. The fraction of sp³-hybridized carbons (Fsp3) is 0.176. The maximum Gasteiger partial charge on any atom is 0.422 e. The van der Waals surface area contributed by atoms with Crippen molar-refractivity contribution in [1.29, 1.82) is 0 Å². The minimum absolute atomic E-state index is 0.149. The van der Waals surface area contributed by atoms with Gasteiger partial charge >= 0.3 is 6.18 Å². The lowest BCUT2D eigenvalue weighted by Crippen LogP contribution is -2.45. The minimum atomic E-state index is -4.85. The lowest BCUT2D eigenvalue weighted by Gasteiger charge is -2.37. The van der Waals surface area contributed by atoms with E-state index >= 15 is 0 Å². The molecule has 1 aromatic rings. The Balaban J connectivity index is 2.39. The summed E-state index contributed by atoms with van der Waals surface area (Å²) in [7, 11) is 1.24. The minimum Gasteiger partial charge on any atom is -0.323 e. The van der Waals surface area contributed by atoms with Gasteiger partial charge in [-0.15, -0.1) is 0 Å². The van der Waals surface area contributed by atoms with Crippen LogP contribution in [0.2, 0.25) is 0 Å².